The number of sulfonamides is 1. The lowest BCUT2D eigenvalue weighted by molar-refractivity contribution is 0.0651. The zero-order valence-corrected chi connectivity index (χ0v) is 13.2. The molecular formula is C13H16N4O5S. The Morgan fingerprint density at radius 2 is 2.13 bits per heavy atom. The maximum Gasteiger partial charge on any atom is 0.374 e. The molecule has 2 aromatic heterocycles. The Morgan fingerprint density at radius 1 is 1.43 bits per heavy atom. The van der Waals surface area contributed by atoms with E-state index in [1.54, 1.807) is 6.92 Å². The van der Waals surface area contributed by atoms with E-state index in [0.717, 1.165) is 0 Å². The quantitative estimate of drug-likeness (QED) is 0.848. The van der Waals surface area contributed by atoms with Gasteiger partial charge in [0.1, 0.15) is 4.90 Å². The van der Waals surface area contributed by atoms with E-state index < -0.39 is 16.0 Å². The summed E-state index contributed by atoms with van der Waals surface area (Å²) in [6.07, 6.45) is 2.43. The molecule has 3 heterocycles. The molecular weight excluding hydrogens is 324 g/mol. The van der Waals surface area contributed by atoms with Crippen molar-refractivity contribution in [2.45, 2.75) is 30.6 Å². The van der Waals surface area contributed by atoms with Gasteiger partial charge in [-0.15, -0.1) is 0 Å². The number of hydrogen-bond acceptors (Lipinski definition) is 6. The van der Waals surface area contributed by atoms with E-state index in [-0.39, 0.29) is 16.6 Å². The molecule has 124 valence electrons. The molecule has 0 atom stereocenters. The van der Waals surface area contributed by atoms with Crippen LogP contribution in [0.25, 0.3) is 0 Å². The molecule has 0 radical (unpaired) electrons. The van der Waals surface area contributed by atoms with Crippen molar-refractivity contribution in [2.75, 3.05) is 13.1 Å². The van der Waals surface area contributed by atoms with Gasteiger partial charge in [-0.25, -0.2) is 13.2 Å². The number of aromatic amines is 1. The van der Waals surface area contributed by atoms with Gasteiger partial charge < -0.3 is 9.63 Å². The molecule has 1 saturated heterocycles. The molecule has 0 bridgehead atoms. The standard InChI is InChI=1S/C13H16N4O5S/c1-8-12(7-14-15-8)23(20,21)17-4-2-9(3-5-17)10-6-11(13(18)19)22-16-10/h6-7,9H,2-5H2,1H3,(H,14,15)(H,18,19). The van der Waals surface area contributed by atoms with Gasteiger partial charge >= 0.3 is 5.97 Å². The topological polar surface area (TPSA) is 129 Å². The van der Waals surface area contributed by atoms with Gasteiger partial charge in [0, 0.05) is 25.1 Å². The van der Waals surface area contributed by atoms with Crippen LogP contribution in [0.1, 0.15) is 40.7 Å². The lowest BCUT2D eigenvalue weighted by Gasteiger charge is -2.30. The molecule has 2 N–H and O–H groups in total. The number of nitrogens with one attached hydrogen (secondary N) is 1. The summed E-state index contributed by atoms with van der Waals surface area (Å²) < 4.78 is 31.3. The van der Waals surface area contributed by atoms with Gasteiger partial charge in [0.25, 0.3) is 0 Å². The first-order chi connectivity index (χ1) is 10.9. The molecule has 23 heavy (non-hydrogen) atoms. The van der Waals surface area contributed by atoms with Crippen LogP contribution in [0.2, 0.25) is 0 Å². The summed E-state index contributed by atoms with van der Waals surface area (Å²) in [6, 6.07) is 1.40. The number of aromatic nitrogens is 3. The van der Waals surface area contributed by atoms with Crippen LogP contribution in [-0.2, 0) is 10.0 Å². The molecule has 0 aliphatic carbocycles. The molecule has 1 aliphatic heterocycles. The van der Waals surface area contributed by atoms with Crippen molar-refractivity contribution in [1.29, 1.82) is 0 Å². The van der Waals surface area contributed by atoms with E-state index in [1.807, 2.05) is 0 Å². The molecule has 10 heteroatoms. The minimum atomic E-state index is -3.56. The SMILES string of the molecule is Cc1[nH]ncc1S(=O)(=O)N1CCC(c2cc(C(=O)O)on2)CC1. The van der Waals surface area contributed by atoms with E-state index >= 15 is 0 Å². The van der Waals surface area contributed by atoms with Gasteiger partial charge in [-0.3, -0.25) is 5.10 Å². The van der Waals surface area contributed by atoms with E-state index in [9.17, 15) is 13.2 Å². The summed E-state index contributed by atoms with van der Waals surface area (Å²) >= 11 is 0. The molecule has 0 aromatic carbocycles. The number of hydrogen-bond donors (Lipinski definition) is 2. The summed E-state index contributed by atoms with van der Waals surface area (Å²) in [5.41, 5.74) is 1.06. The Kier molecular flexibility index (Phi) is 3.94. The smallest absolute Gasteiger partial charge is 0.374 e. The predicted octanol–water partition coefficient (Wildman–Crippen LogP) is 0.973. The Bertz CT molecular complexity index is 817. The van der Waals surface area contributed by atoms with Crippen LogP contribution in [0.15, 0.2) is 21.7 Å². The van der Waals surface area contributed by atoms with Gasteiger partial charge in [0.2, 0.25) is 15.8 Å². The molecule has 1 fully saturated rings. The largest absolute Gasteiger partial charge is 0.475 e. The van der Waals surface area contributed by atoms with Crippen LogP contribution in [-0.4, -0.2) is 52.2 Å². The van der Waals surface area contributed by atoms with Crippen molar-refractivity contribution in [3.05, 3.63) is 29.4 Å². The third-order valence-corrected chi connectivity index (χ3v) is 6.03. The van der Waals surface area contributed by atoms with E-state index in [2.05, 4.69) is 15.4 Å². The minimum absolute atomic E-state index is 0.0104. The summed E-state index contributed by atoms with van der Waals surface area (Å²) in [5.74, 6) is -1.38. The van der Waals surface area contributed by atoms with Crippen molar-refractivity contribution in [2.24, 2.45) is 0 Å². The second-order valence-corrected chi connectivity index (χ2v) is 7.37. The highest BCUT2D eigenvalue weighted by Crippen LogP contribution is 2.30. The maximum atomic E-state index is 12.6. The van der Waals surface area contributed by atoms with Crippen LogP contribution in [0, 0.1) is 6.92 Å². The molecule has 0 amide bonds. The number of carbonyl (C=O) groups is 1. The second-order valence-electron chi connectivity index (χ2n) is 5.46. The normalized spacial score (nSPS) is 17.4. The first kappa shape index (κ1) is 15.7. The first-order valence-electron chi connectivity index (χ1n) is 7.09. The lowest BCUT2D eigenvalue weighted by Crippen LogP contribution is -2.38. The third-order valence-electron chi connectivity index (χ3n) is 4.01. The number of H-pyrrole nitrogens is 1. The average Bonchev–Trinajstić information content (AvgIpc) is 3.16. The van der Waals surface area contributed by atoms with Gasteiger partial charge in [-0.05, 0) is 19.8 Å². The van der Waals surface area contributed by atoms with Crippen LogP contribution >= 0.6 is 0 Å². The molecule has 0 unspecified atom stereocenters. The number of rotatable bonds is 4. The monoisotopic (exact) mass is 340 g/mol. The zero-order valence-electron chi connectivity index (χ0n) is 12.4. The number of aryl methyl sites for hydroxylation is 1. The maximum absolute atomic E-state index is 12.6. The summed E-state index contributed by atoms with van der Waals surface area (Å²) in [7, 11) is -3.56. The Hall–Kier alpha value is -2.20. The number of nitrogens with zero attached hydrogens (tertiary/aromatic N) is 3. The van der Waals surface area contributed by atoms with Crippen LogP contribution in [0.5, 0.6) is 0 Å². The molecule has 9 nitrogen and oxygen atoms in total. The Labute approximate surface area is 132 Å². The highest BCUT2D eigenvalue weighted by atomic mass is 32.2. The summed E-state index contributed by atoms with van der Waals surface area (Å²) in [5, 5.41) is 19.0. The number of carboxylic acids is 1. The predicted molar refractivity (Wildman–Crippen MR) is 77.5 cm³/mol. The van der Waals surface area contributed by atoms with Crippen molar-refractivity contribution in [3.8, 4) is 0 Å². The van der Waals surface area contributed by atoms with Crippen LogP contribution in [0.3, 0.4) is 0 Å². The number of piperidine rings is 1. The van der Waals surface area contributed by atoms with Crippen molar-refractivity contribution in [3.63, 3.8) is 0 Å². The number of aromatic carboxylic acids is 1. The van der Waals surface area contributed by atoms with E-state index in [4.69, 9.17) is 9.63 Å². The van der Waals surface area contributed by atoms with Gasteiger partial charge in [0.15, 0.2) is 0 Å². The molecule has 0 saturated carbocycles. The fourth-order valence-corrected chi connectivity index (χ4v) is 4.30. The highest BCUT2D eigenvalue weighted by molar-refractivity contribution is 7.89. The number of carboxylic acid groups (broad SMARTS) is 1. The van der Waals surface area contributed by atoms with E-state index in [1.165, 1.54) is 16.6 Å². The fourth-order valence-electron chi connectivity index (χ4n) is 2.71. The Balaban J connectivity index is 1.71. The van der Waals surface area contributed by atoms with Gasteiger partial charge in [0.05, 0.1) is 17.6 Å². The van der Waals surface area contributed by atoms with Crippen molar-refractivity contribution in [1.82, 2.24) is 19.7 Å². The van der Waals surface area contributed by atoms with E-state index in [0.29, 0.717) is 37.3 Å². The van der Waals surface area contributed by atoms with Crippen LogP contribution in [0.4, 0.5) is 0 Å². The lowest BCUT2D eigenvalue weighted by atomic mass is 9.94. The van der Waals surface area contributed by atoms with Gasteiger partial charge in [-0.2, -0.15) is 9.40 Å². The average molecular weight is 340 g/mol. The van der Waals surface area contributed by atoms with Crippen molar-refractivity contribution < 1.29 is 22.8 Å². The summed E-state index contributed by atoms with van der Waals surface area (Å²) in [4.78, 5) is 11.0. The molecule has 1 aliphatic rings. The Morgan fingerprint density at radius 3 is 2.65 bits per heavy atom. The fraction of sp³-hybridized carbons (Fsp3) is 0.462. The molecule has 3 rings (SSSR count). The van der Waals surface area contributed by atoms with Crippen molar-refractivity contribution >= 4 is 16.0 Å². The van der Waals surface area contributed by atoms with Gasteiger partial charge in [-0.1, -0.05) is 5.16 Å². The second kappa shape index (κ2) is 5.78. The van der Waals surface area contributed by atoms with Crippen LogP contribution < -0.4 is 0 Å². The first-order valence-corrected chi connectivity index (χ1v) is 8.53. The summed E-state index contributed by atoms with van der Waals surface area (Å²) in [6.45, 7) is 2.34. The molecule has 2 aromatic rings. The highest BCUT2D eigenvalue weighted by Gasteiger charge is 2.32. The third kappa shape index (κ3) is 2.86. The zero-order chi connectivity index (χ0) is 16.6. The minimum Gasteiger partial charge on any atom is -0.475 e. The molecule has 0 spiro atoms.